The molecule has 5 rings (SSSR count). The number of aliphatic hydroxyl groups is 1. The quantitative estimate of drug-likeness (QED) is 0.566. The molecule has 0 aromatic carbocycles. The van der Waals surface area contributed by atoms with Gasteiger partial charge in [0.15, 0.2) is 0 Å². The molecule has 5 aliphatic rings. The highest BCUT2D eigenvalue weighted by Gasteiger charge is 2.59. The molecule has 5 heteroatoms. The Morgan fingerprint density at radius 2 is 1.87 bits per heavy atom. The van der Waals surface area contributed by atoms with Crippen LogP contribution in [0.4, 0.5) is 0 Å². The predicted octanol–water partition coefficient (Wildman–Crippen LogP) is 3.22. The van der Waals surface area contributed by atoms with Crippen molar-refractivity contribution in [3.63, 3.8) is 0 Å². The first-order valence-electron chi connectivity index (χ1n) is 12.5. The van der Waals surface area contributed by atoms with Crippen molar-refractivity contribution in [3.8, 4) is 0 Å². The van der Waals surface area contributed by atoms with E-state index in [0.717, 1.165) is 58.0 Å². The molecule has 30 heavy (non-hydrogen) atoms. The fraction of sp³-hybridized carbons (Fsp3) is 0.880. The van der Waals surface area contributed by atoms with Crippen LogP contribution in [0.2, 0.25) is 0 Å². The van der Waals surface area contributed by atoms with Crippen molar-refractivity contribution in [1.82, 2.24) is 9.80 Å². The van der Waals surface area contributed by atoms with E-state index in [1.54, 1.807) is 0 Å². The molecule has 4 fully saturated rings. The van der Waals surface area contributed by atoms with Gasteiger partial charge < -0.3 is 9.84 Å². The average molecular weight is 417 g/mol. The summed E-state index contributed by atoms with van der Waals surface area (Å²) in [6.45, 7) is 9.55. The third-order valence-corrected chi connectivity index (χ3v) is 9.52. The molecule has 2 heterocycles. The number of hydrogen-bond acceptors (Lipinski definition) is 5. The van der Waals surface area contributed by atoms with E-state index in [0.29, 0.717) is 5.92 Å². The normalized spacial score (nSPS) is 43.6. The molecule has 0 aromatic heterocycles. The van der Waals surface area contributed by atoms with E-state index in [1.807, 2.05) is 0 Å². The van der Waals surface area contributed by atoms with Crippen molar-refractivity contribution in [2.75, 3.05) is 32.7 Å². The Kier molecular flexibility index (Phi) is 5.74. The summed E-state index contributed by atoms with van der Waals surface area (Å²) in [5.41, 5.74) is 1.12. The topological polar surface area (TPSA) is 53.0 Å². The van der Waals surface area contributed by atoms with Crippen LogP contribution in [0.25, 0.3) is 0 Å². The van der Waals surface area contributed by atoms with Gasteiger partial charge in [0.1, 0.15) is 6.10 Å². The molecule has 0 unspecified atom stereocenters. The van der Waals surface area contributed by atoms with Gasteiger partial charge in [-0.25, -0.2) is 0 Å². The number of nitrogens with zero attached hydrogens (tertiary/aromatic N) is 2. The molecule has 168 valence electrons. The molecule has 1 N–H and O–H groups in total. The third-order valence-electron chi connectivity index (χ3n) is 9.52. The van der Waals surface area contributed by atoms with Crippen LogP contribution in [-0.2, 0) is 9.53 Å². The van der Waals surface area contributed by atoms with Gasteiger partial charge in [-0.1, -0.05) is 44.8 Å². The zero-order valence-electron chi connectivity index (χ0n) is 18.9. The van der Waals surface area contributed by atoms with Gasteiger partial charge in [-0.05, 0) is 31.6 Å². The summed E-state index contributed by atoms with van der Waals surface area (Å²) >= 11 is 0. The number of piperazine rings is 1. The van der Waals surface area contributed by atoms with Gasteiger partial charge in [-0.2, -0.15) is 0 Å². The molecular weight excluding hydrogens is 376 g/mol. The highest BCUT2D eigenvalue weighted by Crippen LogP contribution is 2.56. The van der Waals surface area contributed by atoms with E-state index in [-0.39, 0.29) is 29.3 Å². The van der Waals surface area contributed by atoms with Crippen molar-refractivity contribution in [2.24, 2.45) is 23.2 Å². The average Bonchev–Trinajstić information content (AvgIpc) is 3.07. The summed E-state index contributed by atoms with van der Waals surface area (Å²) in [5.74, 6) is 0.133. The van der Waals surface area contributed by atoms with Gasteiger partial charge in [-0.3, -0.25) is 14.6 Å². The van der Waals surface area contributed by atoms with Crippen molar-refractivity contribution < 1.29 is 14.6 Å². The first-order chi connectivity index (χ1) is 14.5. The van der Waals surface area contributed by atoms with Gasteiger partial charge in [0, 0.05) is 56.5 Å². The minimum Gasteiger partial charge on any atom is -0.461 e. The van der Waals surface area contributed by atoms with E-state index in [2.05, 4.69) is 29.7 Å². The van der Waals surface area contributed by atoms with E-state index in [4.69, 9.17) is 4.74 Å². The lowest BCUT2D eigenvalue weighted by Crippen LogP contribution is -2.56. The summed E-state index contributed by atoms with van der Waals surface area (Å²) in [6.07, 6.45) is 11.6. The van der Waals surface area contributed by atoms with Gasteiger partial charge in [0.2, 0.25) is 0 Å². The van der Waals surface area contributed by atoms with Crippen molar-refractivity contribution in [1.29, 1.82) is 0 Å². The molecule has 2 saturated carbocycles. The second kappa shape index (κ2) is 8.22. The number of carbonyl (C=O) groups is 1. The lowest BCUT2D eigenvalue weighted by molar-refractivity contribution is -0.145. The first-order valence-corrected chi connectivity index (χ1v) is 12.5. The Balaban J connectivity index is 1.25. The number of ether oxygens (including phenoxy) is 1. The molecule has 0 aromatic rings. The molecule has 0 spiro atoms. The Morgan fingerprint density at radius 3 is 2.60 bits per heavy atom. The minimum atomic E-state index is -0.488. The summed E-state index contributed by atoms with van der Waals surface area (Å²) in [4.78, 5) is 18.0. The van der Waals surface area contributed by atoms with Crippen LogP contribution in [0.1, 0.15) is 65.2 Å². The number of allylic oxidation sites excluding steroid dienone is 1. The zero-order valence-corrected chi connectivity index (χ0v) is 18.9. The predicted molar refractivity (Wildman–Crippen MR) is 117 cm³/mol. The van der Waals surface area contributed by atoms with Crippen LogP contribution in [-0.4, -0.2) is 71.8 Å². The summed E-state index contributed by atoms with van der Waals surface area (Å²) in [6, 6.07) is 0.778. The van der Waals surface area contributed by atoms with Crippen molar-refractivity contribution in [2.45, 2.75) is 83.5 Å². The number of esters is 1. The largest absolute Gasteiger partial charge is 0.461 e. The van der Waals surface area contributed by atoms with Gasteiger partial charge in [0.05, 0.1) is 12.0 Å². The Labute approximate surface area is 181 Å². The molecule has 0 amide bonds. The van der Waals surface area contributed by atoms with Crippen LogP contribution in [0.5, 0.6) is 0 Å². The Morgan fingerprint density at radius 1 is 1.13 bits per heavy atom. The van der Waals surface area contributed by atoms with E-state index < -0.39 is 6.10 Å². The molecule has 6 atom stereocenters. The van der Waals surface area contributed by atoms with Gasteiger partial charge in [-0.15, -0.1) is 0 Å². The number of carbonyl (C=O) groups excluding carboxylic acids is 1. The smallest absolute Gasteiger partial charge is 0.311 e. The highest BCUT2D eigenvalue weighted by atomic mass is 16.6. The molecule has 2 aliphatic heterocycles. The first kappa shape index (κ1) is 21.0. The third kappa shape index (κ3) is 3.45. The number of rotatable bonds is 3. The van der Waals surface area contributed by atoms with Crippen LogP contribution in [0.3, 0.4) is 0 Å². The zero-order chi connectivity index (χ0) is 20.9. The maximum absolute atomic E-state index is 12.9. The Bertz CT molecular complexity index is 680. The highest BCUT2D eigenvalue weighted by molar-refractivity contribution is 5.76. The molecule has 0 radical (unpaired) electrons. The summed E-state index contributed by atoms with van der Waals surface area (Å²) < 4.78 is 5.86. The maximum Gasteiger partial charge on any atom is 0.311 e. The summed E-state index contributed by atoms with van der Waals surface area (Å²) in [7, 11) is 0. The Hall–Kier alpha value is -0.910. The standard InChI is InChI=1S/C25H40N2O3/c1-17-7-6-8-18-15-21-22(23(28)25(17,18)2)20(24(29)30-21)16-26-11-13-27(14-12-26)19-9-4-3-5-10-19/h8,17,19-23,28H,3-7,9-16H2,1-2H3/t17-,20-,21+,22+,23-,25+/m0/s1. The minimum absolute atomic E-state index is 0.0587. The van der Waals surface area contributed by atoms with E-state index >= 15 is 0 Å². The molecule has 0 bridgehead atoms. The number of fused-ring (bicyclic) bond motifs is 2. The lowest BCUT2D eigenvalue weighted by Gasteiger charge is -2.52. The molecule has 3 aliphatic carbocycles. The van der Waals surface area contributed by atoms with Crippen LogP contribution in [0, 0.1) is 23.2 Å². The van der Waals surface area contributed by atoms with E-state index in [1.165, 1.54) is 37.7 Å². The number of aliphatic hydroxyl groups excluding tert-OH is 1. The van der Waals surface area contributed by atoms with Crippen LogP contribution in [0.15, 0.2) is 11.6 Å². The molecule has 5 nitrogen and oxygen atoms in total. The fourth-order valence-electron chi connectivity index (χ4n) is 7.31. The van der Waals surface area contributed by atoms with E-state index in [9.17, 15) is 9.90 Å². The monoisotopic (exact) mass is 416 g/mol. The lowest BCUT2D eigenvalue weighted by atomic mass is 9.55. The SMILES string of the molecule is C[C@H]1CCC=C2C[C@H]3OC(=O)[C@@H](CN4CCN(C5CCCCC5)CC4)[C@H]3[C@H](O)[C@@]21C. The molecule has 2 saturated heterocycles. The second-order valence-electron chi connectivity index (χ2n) is 10.9. The van der Waals surface area contributed by atoms with Gasteiger partial charge >= 0.3 is 5.97 Å². The fourth-order valence-corrected chi connectivity index (χ4v) is 7.31. The van der Waals surface area contributed by atoms with Crippen molar-refractivity contribution in [3.05, 3.63) is 11.6 Å². The number of hydrogen-bond donors (Lipinski definition) is 1. The van der Waals surface area contributed by atoms with Crippen LogP contribution >= 0.6 is 0 Å². The summed E-state index contributed by atoms with van der Waals surface area (Å²) in [5, 5.41) is 11.5. The second-order valence-corrected chi connectivity index (χ2v) is 10.9. The maximum atomic E-state index is 12.9. The van der Waals surface area contributed by atoms with Crippen LogP contribution < -0.4 is 0 Å². The van der Waals surface area contributed by atoms with Gasteiger partial charge in [0.25, 0.3) is 0 Å². The molecular formula is C25H40N2O3. The van der Waals surface area contributed by atoms with Crippen molar-refractivity contribution >= 4 is 5.97 Å².